The van der Waals surface area contributed by atoms with Crippen molar-refractivity contribution < 1.29 is 42.1 Å². The van der Waals surface area contributed by atoms with Gasteiger partial charge in [-0.15, -0.1) is 11.3 Å². The highest BCUT2D eigenvalue weighted by Gasteiger charge is 2.47. The number of amides is 2. The Kier molecular flexibility index (Phi) is 6.65. The molecule has 0 unspecified atom stereocenters. The van der Waals surface area contributed by atoms with Gasteiger partial charge >= 0.3 is 5.97 Å². The second-order valence-electron chi connectivity index (χ2n) is 6.60. The topological polar surface area (TPSA) is 211 Å². The first kappa shape index (κ1) is 23.5. The molecule has 1 fully saturated rings. The summed E-state index contributed by atoms with van der Waals surface area (Å²) in [5.74, 6) is -4.16. The van der Waals surface area contributed by atoms with E-state index < -0.39 is 57.2 Å². The number of β-lactam (4-membered cyclic amide) rings is 1. The van der Waals surface area contributed by atoms with Gasteiger partial charge in [0.1, 0.15) is 11.7 Å². The van der Waals surface area contributed by atoms with Gasteiger partial charge in [-0.1, -0.05) is 5.16 Å². The van der Waals surface area contributed by atoms with E-state index in [2.05, 4.69) is 15.5 Å². The van der Waals surface area contributed by atoms with Crippen molar-refractivity contribution in [2.45, 2.75) is 38.5 Å². The Hall–Kier alpha value is -2.82. The van der Waals surface area contributed by atoms with Crippen LogP contribution in [0.5, 0.6) is 0 Å². The molecule has 2 heterocycles. The number of carboxylic acids is 1. The average Bonchev–Trinajstić information content (AvgIpc) is 3.04. The van der Waals surface area contributed by atoms with Crippen molar-refractivity contribution in [1.29, 1.82) is 0 Å². The number of carboxylic acid groups (broad SMARTS) is 1. The number of rotatable bonds is 9. The molecule has 1 aliphatic heterocycles. The fourth-order valence-electron chi connectivity index (χ4n) is 2.09. The molecule has 1 aliphatic rings. The number of nitrogens with one attached hydrogen (secondary N) is 1. The molecule has 1 aromatic rings. The van der Waals surface area contributed by atoms with Crippen LogP contribution < -0.4 is 11.1 Å². The molecule has 1 saturated heterocycles. The smallest absolute Gasteiger partial charge is 0.350 e. The van der Waals surface area contributed by atoms with Crippen molar-refractivity contribution >= 4 is 50.1 Å². The maximum Gasteiger partial charge on any atom is 0.350 e. The summed E-state index contributed by atoms with van der Waals surface area (Å²) in [6.45, 7) is 3.88. The van der Waals surface area contributed by atoms with E-state index in [0.29, 0.717) is 5.06 Å². The third-order valence-corrected chi connectivity index (χ3v) is 4.90. The summed E-state index contributed by atoms with van der Waals surface area (Å²) in [6.07, 6.45) is 0. The summed E-state index contributed by atoms with van der Waals surface area (Å²) in [4.78, 5) is 49.5. The Bertz CT molecular complexity index is 988. The van der Waals surface area contributed by atoms with Crippen LogP contribution in [0.25, 0.3) is 0 Å². The molecule has 30 heavy (non-hydrogen) atoms. The zero-order chi connectivity index (χ0) is 22.9. The van der Waals surface area contributed by atoms with Gasteiger partial charge < -0.3 is 21.0 Å². The van der Waals surface area contributed by atoms with E-state index in [9.17, 15) is 22.8 Å². The number of thiazole rings is 1. The van der Waals surface area contributed by atoms with Crippen LogP contribution in [0.15, 0.2) is 10.5 Å². The van der Waals surface area contributed by atoms with E-state index in [0.717, 1.165) is 11.3 Å². The Morgan fingerprint density at radius 2 is 2.10 bits per heavy atom. The minimum absolute atomic E-state index is 0.00454. The predicted octanol–water partition coefficient (Wildman–Crippen LogP) is -1.20. The van der Waals surface area contributed by atoms with Crippen LogP contribution in [0.2, 0.25) is 0 Å². The van der Waals surface area contributed by atoms with Gasteiger partial charge in [-0.2, -0.15) is 8.42 Å². The Labute approximate surface area is 174 Å². The number of nitrogens with zero attached hydrogens (tertiary/aromatic N) is 3. The lowest BCUT2D eigenvalue weighted by molar-refractivity contribution is -0.224. The lowest BCUT2D eigenvalue weighted by Crippen LogP contribution is -2.70. The molecule has 0 saturated carbocycles. The van der Waals surface area contributed by atoms with Gasteiger partial charge in [0.15, 0.2) is 10.8 Å². The average molecular weight is 465 g/mol. The van der Waals surface area contributed by atoms with Crippen molar-refractivity contribution in [3.63, 3.8) is 0 Å². The summed E-state index contributed by atoms with van der Waals surface area (Å²) in [7, 11) is -4.46. The molecule has 16 heteroatoms. The number of oxime groups is 1. The lowest BCUT2D eigenvalue weighted by Gasteiger charge is -2.43. The van der Waals surface area contributed by atoms with Crippen LogP contribution >= 0.6 is 11.3 Å². The fraction of sp³-hybridized carbons (Fsp3) is 0.500. The second kappa shape index (κ2) is 8.50. The van der Waals surface area contributed by atoms with E-state index in [1.54, 1.807) is 0 Å². The molecule has 166 valence electrons. The second-order valence-corrected chi connectivity index (χ2v) is 8.89. The quantitative estimate of drug-likeness (QED) is 0.147. The summed E-state index contributed by atoms with van der Waals surface area (Å²) >= 11 is 0.997. The first-order chi connectivity index (χ1) is 13.7. The molecule has 1 aromatic heterocycles. The minimum Gasteiger partial charge on any atom is -0.478 e. The van der Waals surface area contributed by atoms with Crippen molar-refractivity contribution in [1.82, 2.24) is 15.4 Å². The predicted molar refractivity (Wildman–Crippen MR) is 102 cm³/mol. The Balaban J connectivity index is 2.16. The highest BCUT2D eigenvalue weighted by atomic mass is 32.2. The highest BCUT2D eigenvalue weighted by molar-refractivity contribution is 7.85. The Morgan fingerprint density at radius 3 is 2.57 bits per heavy atom. The minimum atomic E-state index is -4.46. The third kappa shape index (κ3) is 5.41. The number of hydroxylamine groups is 2. The molecule has 0 spiro atoms. The van der Waals surface area contributed by atoms with Crippen LogP contribution in [0.4, 0.5) is 5.13 Å². The number of nitrogens with two attached hydrogens (primary N) is 1. The molecule has 5 N–H and O–H groups in total. The van der Waals surface area contributed by atoms with Crippen LogP contribution in [0, 0.1) is 0 Å². The van der Waals surface area contributed by atoms with Crippen LogP contribution in [0.1, 0.15) is 26.5 Å². The van der Waals surface area contributed by atoms with Gasteiger partial charge in [0.2, 0.25) is 11.5 Å². The molecule has 0 bridgehead atoms. The van der Waals surface area contributed by atoms with Crippen molar-refractivity contribution in [3.8, 4) is 0 Å². The number of nitrogen functional groups attached to an aromatic ring is 1. The van der Waals surface area contributed by atoms with Crippen LogP contribution in [-0.4, -0.2) is 75.2 Å². The van der Waals surface area contributed by atoms with Crippen LogP contribution in [0.3, 0.4) is 0 Å². The number of hydrogen-bond acceptors (Lipinski definition) is 11. The van der Waals surface area contributed by atoms with Crippen molar-refractivity contribution in [2.24, 2.45) is 5.16 Å². The SMILES string of the molecule is C[C@@H]1[C@@H](NC(=O)C(=NOC(C)(C)C(=O)O)c2csc(N)n2)C(=O)N1OCS(=O)(=O)O. The lowest BCUT2D eigenvalue weighted by atomic mass is 10.00. The molecule has 14 nitrogen and oxygen atoms in total. The van der Waals surface area contributed by atoms with E-state index in [1.165, 1.54) is 26.2 Å². The summed E-state index contributed by atoms with van der Waals surface area (Å²) in [5, 5.41) is 17.2. The van der Waals surface area contributed by atoms with E-state index >= 15 is 0 Å². The van der Waals surface area contributed by atoms with Crippen LogP contribution in [-0.2, 0) is 34.2 Å². The zero-order valence-electron chi connectivity index (χ0n) is 15.9. The monoisotopic (exact) mass is 465 g/mol. The van der Waals surface area contributed by atoms with E-state index in [4.69, 9.17) is 25.1 Å². The molecule has 0 aliphatic carbocycles. The van der Waals surface area contributed by atoms with Gasteiger partial charge in [-0.3, -0.25) is 19.0 Å². The van der Waals surface area contributed by atoms with Crippen molar-refractivity contribution in [3.05, 3.63) is 11.1 Å². The molecule has 2 rings (SSSR count). The summed E-state index contributed by atoms with van der Waals surface area (Å²) in [6, 6.07) is -1.88. The first-order valence-corrected chi connectivity index (χ1v) is 10.6. The maximum atomic E-state index is 12.7. The standard InChI is InChI=1S/C14H19N5O9S2/c1-6-8(11(21)19(6)27-5-30(24,25)26)17-10(20)9(7-4-29-13(15)16-7)18-28-14(2,3)12(22)23/h4,6,8H,5H2,1-3H3,(H2,15,16)(H,17,20)(H,22,23)(H,24,25,26)/t6-,8-/m1/s1. The fourth-order valence-corrected chi connectivity index (χ4v) is 2.89. The molecule has 2 atom stereocenters. The number of hydrogen-bond donors (Lipinski definition) is 4. The third-order valence-electron chi connectivity index (χ3n) is 3.82. The first-order valence-electron chi connectivity index (χ1n) is 8.16. The van der Waals surface area contributed by atoms with Gasteiger partial charge in [0.05, 0.1) is 6.04 Å². The molecular formula is C14H19N5O9S2. The van der Waals surface area contributed by atoms with Gasteiger partial charge in [0.25, 0.3) is 21.9 Å². The largest absolute Gasteiger partial charge is 0.478 e. The van der Waals surface area contributed by atoms with Gasteiger partial charge in [0, 0.05) is 5.38 Å². The number of aliphatic carboxylic acids is 1. The number of carbonyl (C=O) groups excluding carboxylic acids is 2. The molecule has 0 aromatic carbocycles. The number of aromatic nitrogens is 1. The zero-order valence-corrected chi connectivity index (χ0v) is 17.6. The van der Waals surface area contributed by atoms with E-state index in [-0.39, 0.29) is 10.8 Å². The maximum absolute atomic E-state index is 12.7. The van der Waals surface area contributed by atoms with Crippen molar-refractivity contribution in [2.75, 3.05) is 11.7 Å². The van der Waals surface area contributed by atoms with Gasteiger partial charge in [-0.05, 0) is 20.8 Å². The Morgan fingerprint density at radius 1 is 1.47 bits per heavy atom. The number of carbonyl (C=O) groups is 3. The normalized spacial score (nSPS) is 19.9. The molecular weight excluding hydrogens is 446 g/mol. The molecule has 0 radical (unpaired) electrons. The van der Waals surface area contributed by atoms with E-state index in [1.807, 2.05) is 0 Å². The number of anilines is 1. The molecule has 2 amide bonds. The summed E-state index contributed by atoms with van der Waals surface area (Å²) < 4.78 is 30.2. The summed E-state index contributed by atoms with van der Waals surface area (Å²) in [5.41, 5.74) is 3.37. The van der Waals surface area contributed by atoms with Gasteiger partial charge in [-0.25, -0.2) is 14.8 Å². The highest BCUT2D eigenvalue weighted by Crippen LogP contribution is 2.21.